The van der Waals surface area contributed by atoms with Gasteiger partial charge in [-0.1, -0.05) is 24.3 Å². The van der Waals surface area contributed by atoms with Crippen LogP contribution in [0.15, 0.2) is 58.7 Å². The number of H-pyrrole nitrogens is 1. The Hall–Kier alpha value is -2.38. The first-order valence-corrected chi connectivity index (χ1v) is 11.1. The number of carbonyl (C=O) groups excluding carboxylic acids is 1. The predicted molar refractivity (Wildman–Crippen MR) is 127 cm³/mol. The van der Waals surface area contributed by atoms with E-state index in [0.29, 0.717) is 21.5 Å². The summed E-state index contributed by atoms with van der Waals surface area (Å²) in [7, 11) is 1.57. The maximum atomic E-state index is 12.7. The van der Waals surface area contributed by atoms with Crippen LogP contribution in [0.1, 0.15) is 39.1 Å². The fourth-order valence-electron chi connectivity index (χ4n) is 3.29. The van der Waals surface area contributed by atoms with Crippen LogP contribution in [0.4, 0.5) is 0 Å². The molecule has 0 aliphatic heterocycles. The van der Waals surface area contributed by atoms with Gasteiger partial charge in [0, 0.05) is 12.1 Å². The van der Waals surface area contributed by atoms with Gasteiger partial charge in [0.05, 0.1) is 31.3 Å². The zero-order valence-electron chi connectivity index (χ0n) is 20.2. The number of hydrogen-bond donors (Lipinski definition) is 3. The van der Waals surface area contributed by atoms with Crippen LogP contribution in [0.2, 0.25) is 0 Å². The van der Waals surface area contributed by atoms with Gasteiger partial charge in [-0.15, -0.1) is 11.3 Å². The van der Waals surface area contributed by atoms with Crippen molar-refractivity contribution < 1.29 is 77.0 Å². The molecule has 0 aliphatic rings. The van der Waals surface area contributed by atoms with Crippen LogP contribution in [0.3, 0.4) is 0 Å². The summed E-state index contributed by atoms with van der Waals surface area (Å²) in [5.41, 5.74) is 2.12. The number of ether oxygens (including phenoxy) is 2. The molecule has 0 spiro atoms. The largest absolute Gasteiger partial charge is 1.00 e. The molecule has 0 aliphatic carbocycles. The average Bonchev–Trinajstić information content (AvgIpc) is 3.26. The van der Waals surface area contributed by atoms with E-state index in [2.05, 4.69) is 15.3 Å². The van der Waals surface area contributed by atoms with Crippen molar-refractivity contribution in [3.8, 4) is 5.75 Å². The van der Waals surface area contributed by atoms with E-state index < -0.39 is 17.4 Å². The van der Waals surface area contributed by atoms with Crippen molar-refractivity contribution in [3.63, 3.8) is 0 Å². The SMILES string of the molecule is COc1cccc(CNC(=O)c2nc3scc(COCc4ccc(C(=O)O)cc4)c3c(=O)[nH]2)c1.[H-].[K+]. The minimum absolute atomic E-state index is 0. The normalized spacial score (nSPS) is 10.5. The maximum absolute atomic E-state index is 12.7. The number of thiophene rings is 1. The maximum Gasteiger partial charge on any atom is 1.00 e. The second-order valence-corrected chi connectivity index (χ2v) is 8.24. The van der Waals surface area contributed by atoms with Crippen LogP contribution in [0.25, 0.3) is 10.2 Å². The molecule has 0 atom stereocenters. The van der Waals surface area contributed by atoms with E-state index in [1.165, 1.54) is 23.5 Å². The van der Waals surface area contributed by atoms with Gasteiger partial charge in [-0.05, 0) is 40.8 Å². The summed E-state index contributed by atoms with van der Waals surface area (Å²) in [4.78, 5) is 43.5. The molecule has 0 bridgehead atoms. The monoisotopic (exact) mass is 519 g/mol. The van der Waals surface area contributed by atoms with E-state index in [1.54, 1.807) is 24.6 Å². The van der Waals surface area contributed by atoms with E-state index >= 15 is 0 Å². The third kappa shape index (κ3) is 6.85. The Kier molecular flexibility index (Phi) is 9.75. The summed E-state index contributed by atoms with van der Waals surface area (Å²) in [6.07, 6.45) is 0. The number of carboxylic acids is 1. The molecule has 0 unspecified atom stereocenters. The van der Waals surface area contributed by atoms with Gasteiger partial charge in [-0.3, -0.25) is 9.59 Å². The first-order chi connectivity index (χ1) is 16.4. The van der Waals surface area contributed by atoms with Gasteiger partial charge in [0.25, 0.3) is 11.5 Å². The molecule has 35 heavy (non-hydrogen) atoms. The Labute approximate surface area is 248 Å². The van der Waals surface area contributed by atoms with Crippen LogP contribution in [0, 0.1) is 0 Å². The Balaban J connectivity index is 0.00000228. The molecule has 0 saturated carbocycles. The summed E-state index contributed by atoms with van der Waals surface area (Å²) < 4.78 is 10.9. The van der Waals surface area contributed by atoms with Gasteiger partial charge >= 0.3 is 57.4 Å². The number of amides is 1. The molecule has 1 amide bonds. The second kappa shape index (κ2) is 12.5. The van der Waals surface area contributed by atoms with Gasteiger partial charge in [0.15, 0.2) is 0 Å². The van der Waals surface area contributed by atoms with Crippen LogP contribution in [-0.2, 0) is 24.5 Å². The summed E-state index contributed by atoms with van der Waals surface area (Å²) in [5, 5.41) is 13.9. The van der Waals surface area contributed by atoms with E-state index in [0.717, 1.165) is 11.1 Å². The number of nitrogens with zero attached hydrogens (tertiary/aromatic N) is 1. The fraction of sp³-hybridized carbons (Fsp3) is 0.167. The number of hydrogen-bond acceptors (Lipinski definition) is 7. The first kappa shape index (κ1) is 27.2. The Morgan fingerprint density at radius 2 is 1.91 bits per heavy atom. The predicted octanol–water partition coefficient (Wildman–Crippen LogP) is 0.455. The van der Waals surface area contributed by atoms with Crippen molar-refractivity contribution in [1.82, 2.24) is 15.3 Å². The van der Waals surface area contributed by atoms with Gasteiger partial charge in [0.1, 0.15) is 10.6 Å². The summed E-state index contributed by atoms with van der Waals surface area (Å²) in [6.45, 7) is 0.689. The van der Waals surface area contributed by atoms with E-state index in [1.807, 2.05) is 24.3 Å². The fourth-order valence-corrected chi connectivity index (χ4v) is 4.22. The Morgan fingerprint density at radius 1 is 1.14 bits per heavy atom. The molecule has 11 heteroatoms. The molecule has 3 N–H and O–H groups in total. The smallest absolute Gasteiger partial charge is 1.00 e. The van der Waals surface area contributed by atoms with Crippen LogP contribution < -0.4 is 67.0 Å². The van der Waals surface area contributed by atoms with Crippen molar-refractivity contribution >= 4 is 33.4 Å². The standard InChI is InChI=1S/C24H21N3O6S.K.H/c1-32-18-4-2-3-15(9-18)10-25-22(29)20-26-21(28)19-17(13-34-23(19)27-20)12-33-11-14-5-7-16(8-6-14)24(30)31;;/h2-9,13H,10-12H2,1H3,(H,25,29)(H,30,31)(H,26,27,28);;/q;+1;-1. The van der Waals surface area contributed by atoms with Gasteiger partial charge in [-0.25, -0.2) is 9.78 Å². The van der Waals surface area contributed by atoms with E-state index in [-0.39, 0.29) is 84.0 Å². The second-order valence-electron chi connectivity index (χ2n) is 7.38. The molecule has 2 aromatic heterocycles. The first-order valence-electron chi connectivity index (χ1n) is 10.3. The number of aromatic nitrogens is 2. The summed E-state index contributed by atoms with van der Waals surface area (Å²) in [6, 6.07) is 13.7. The number of carboxylic acid groups (broad SMARTS) is 1. The molecule has 2 aromatic carbocycles. The van der Waals surface area contributed by atoms with Gasteiger partial charge in [-0.2, -0.15) is 0 Å². The number of aromatic carboxylic acids is 1. The zero-order valence-corrected chi connectivity index (χ0v) is 23.1. The number of fused-ring (bicyclic) bond motifs is 1. The number of aromatic amines is 1. The average molecular weight is 520 g/mol. The number of methoxy groups -OCH3 is 1. The molecule has 0 fully saturated rings. The molecule has 176 valence electrons. The van der Waals surface area contributed by atoms with Gasteiger partial charge < -0.3 is 26.3 Å². The number of nitrogens with one attached hydrogen (secondary N) is 2. The van der Waals surface area contributed by atoms with Crippen LogP contribution in [-0.4, -0.2) is 34.1 Å². The minimum Gasteiger partial charge on any atom is -1.00 e. The molecule has 4 aromatic rings. The van der Waals surface area contributed by atoms with Crippen LogP contribution >= 0.6 is 11.3 Å². The van der Waals surface area contributed by atoms with Crippen LogP contribution in [0.5, 0.6) is 5.75 Å². The van der Waals surface area contributed by atoms with E-state index in [4.69, 9.17) is 14.6 Å². The molecular formula is C24H22KN3O6S. The molecule has 0 radical (unpaired) electrons. The van der Waals surface area contributed by atoms with Crippen molar-refractivity contribution in [1.29, 1.82) is 0 Å². The quantitative estimate of drug-likeness (QED) is 0.274. The van der Waals surface area contributed by atoms with Crippen molar-refractivity contribution in [3.05, 3.63) is 92.3 Å². The third-order valence-corrected chi connectivity index (χ3v) is 5.97. The summed E-state index contributed by atoms with van der Waals surface area (Å²) >= 11 is 1.26. The minimum atomic E-state index is -0.989. The summed E-state index contributed by atoms with van der Waals surface area (Å²) in [5.74, 6) is -0.853. The number of rotatable bonds is 9. The van der Waals surface area contributed by atoms with Crippen molar-refractivity contribution in [2.24, 2.45) is 0 Å². The molecule has 9 nitrogen and oxygen atoms in total. The molecule has 4 rings (SSSR count). The molecule has 2 heterocycles. The molecular weight excluding hydrogens is 497 g/mol. The topological polar surface area (TPSA) is 131 Å². The number of benzene rings is 2. The Morgan fingerprint density at radius 3 is 2.63 bits per heavy atom. The Bertz CT molecular complexity index is 1410. The van der Waals surface area contributed by atoms with E-state index in [9.17, 15) is 14.4 Å². The van der Waals surface area contributed by atoms with Gasteiger partial charge in [0.2, 0.25) is 5.82 Å². The zero-order chi connectivity index (χ0) is 24.1. The van der Waals surface area contributed by atoms with Crippen molar-refractivity contribution in [2.45, 2.75) is 19.8 Å². The molecule has 0 saturated heterocycles. The third-order valence-electron chi connectivity index (χ3n) is 5.05. The number of carbonyl (C=O) groups is 2. The van der Waals surface area contributed by atoms with Crippen molar-refractivity contribution in [2.75, 3.05) is 7.11 Å².